The van der Waals surface area contributed by atoms with E-state index in [0.29, 0.717) is 6.42 Å². The fourth-order valence-electron chi connectivity index (χ4n) is 2.96. The Morgan fingerprint density at radius 3 is 2.38 bits per heavy atom. The van der Waals surface area contributed by atoms with Crippen molar-refractivity contribution >= 4 is 18.1 Å². The molecule has 2 amide bonds. The number of rotatable bonds is 2. The van der Waals surface area contributed by atoms with Crippen LogP contribution < -0.4 is 0 Å². The Bertz CT molecular complexity index is 323. The topological polar surface area (TPSA) is 54.5 Å². The van der Waals surface area contributed by atoms with Crippen LogP contribution in [0.1, 0.15) is 45.4 Å². The number of hydrogen-bond acceptors (Lipinski definition) is 3. The third-order valence-electron chi connectivity index (χ3n) is 3.99. The molecule has 2 atom stereocenters. The predicted molar refractivity (Wildman–Crippen MR) is 57.5 cm³/mol. The van der Waals surface area contributed by atoms with E-state index in [1.54, 1.807) is 0 Å². The number of carbonyl (C=O) groups excluding carboxylic acids is 3. The van der Waals surface area contributed by atoms with Gasteiger partial charge in [-0.2, -0.15) is 0 Å². The molecule has 16 heavy (non-hydrogen) atoms. The van der Waals surface area contributed by atoms with Crippen molar-refractivity contribution in [1.82, 2.24) is 4.90 Å². The second-order valence-electron chi connectivity index (χ2n) is 4.88. The molecule has 0 N–H and O–H groups in total. The molecular formula is C12H17NO3. The molecule has 0 radical (unpaired) electrons. The molecule has 2 rings (SSSR count). The number of imide groups is 1. The second kappa shape index (κ2) is 4.00. The minimum absolute atomic E-state index is 0.0877. The predicted octanol–water partition coefficient (Wildman–Crippen LogP) is 1.28. The Labute approximate surface area is 95.0 Å². The molecule has 0 aromatic carbocycles. The minimum atomic E-state index is -0.844. The van der Waals surface area contributed by atoms with Gasteiger partial charge in [-0.15, -0.1) is 0 Å². The van der Waals surface area contributed by atoms with E-state index >= 15 is 0 Å². The summed E-state index contributed by atoms with van der Waals surface area (Å²) in [6.45, 7) is 1.96. The van der Waals surface area contributed by atoms with Crippen LogP contribution in [0, 0.1) is 5.92 Å². The Morgan fingerprint density at radius 1 is 1.25 bits per heavy atom. The minimum Gasteiger partial charge on any atom is -0.301 e. The molecule has 2 fully saturated rings. The third-order valence-corrected chi connectivity index (χ3v) is 3.99. The molecule has 0 bridgehead atoms. The number of amides is 2. The lowest BCUT2D eigenvalue weighted by atomic mass is 9.73. The standard InChI is InChI=1S/C12H17NO3/c1-9-4-2-3-7-12(9,8-14)13-10(15)5-6-11(13)16/h8-9H,2-7H2,1H3. The summed E-state index contributed by atoms with van der Waals surface area (Å²) in [5.41, 5.74) is -0.844. The van der Waals surface area contributed by atoms with Crippen molar-refractivity contribution in [3.8, 4) is 0 Å². The monoisotopic (exact) mass is 223 g/mol. The fourth-order valence-corrected chi connectivity index (χ4v) is 2.96. The van der Waals surface area contributed by atoms with Gasteiger partial charge in [-0.1, -0.05) is 19.8 Å². The maximum atomic E-state index is 11.7. The highest BCUT2D eigenvalue weighted by Gasteiger charge is 2.50. The van der Waals surface area contributed by atoms with Crippen molar-refractivity contribution in [3.63, 3.8) is 0 Å². The quantitative estimate of drug-likeness (QED) is 0.523. The lowest BCUT2D eigenvalue weighted by Gasteiger charge is -2.43. The van der Waals surface area contributed by atoms with E-state index < -0.39 is 5.54 Å². The molecule has 4 nitrogen and oxygen atoms in total. The van der Waals surface area contributed by atoms with Gasteiger partial charge in [0, 0.05) is 12.8 Å². The molecule has 1 heterocycles. The summed E-state index contributed by atoms with van der Waals surface area (Å²) in [6.07, 6.45) is 4.90. The zero-order chi connectivity index (χ0) is 11.8. The highest BCUT2D eigenvalue weighted by molar-refractivity contribution is 6.05. The molecule has 1 saturated carbocycles. The van der Waals surface area contributed by atoms with Crippen molar-refractivity contribution in [1.29, 1.82) is 0 Å². The molecular weight excluding hydrogens is 206 g/mol. The van der Waals surface area contributed by atoms with Crippen molar-refractivity contribution in [2.45, 2.75) is 51.0 Å². The van der Waals surface area contributed by atoms with Crippen LogP contribution in [0.15, 0.2) is 0 Å². The molecule has 1 aliphatic heterocycles. The fraction of sp³-hybridized carbons (Fsp3) is 0.750. The summed E-state index contributed by atoms with van der Waals surface area (Å²) in [4.78, 5) is 36.2. The molecule has 2 aliphatic rings. The van der Waals surface area contributed by atoms with Gasteiger partial charge in [0.15, 0.2) is 0 Å². The van der Waals surface area contributed by atoms with Crippen LogP contribution in [0.25, 0.3) is 0 Å². The van der Waals surface area contributed by atoms with Gasteiger partial charge in [-0.3, -0.25) is 14.5 Å². The molecule has 88 valence electrons. The molecule has 2 unspecified atom stereocenters. The first-order chi connectivity index (χ1) is 7.62. The Balaban J connectivity index is 2.36. The van der Waals surface area contributed by atoms with Crippen LogP contribution in [0.3, 0.4) is 0 Å². The maximum Gasteiger partial charge on any atom is 0.230 e. The number of aldehydes is 1. The van der Waals surface area contributed by atoms with Crippen molar-refractivity contribution in [2.24, 2.45) is 5.92 Å². The molecule has 0 aromatic heterocycles. The Hall–Kier alpha value is -1.19. The average molecular weight is 223 g/mol. The van der Waals surface area contributed by atoms with Gasteiger partial charge in [-0.05, 0) is 18.8 Å². The Kier molecular flexibility index (Phi) is 2.82. The summed E-state index contributed by atoms with van der Waals surface area (Å²) in [7, 11) is 0. The van der Waals surface area contributed by atoms with Crippen LogP contribution >= 0.6 is 0 Å². The van der Waals surface area contributed by atoms with Gasteiger partial charge >= 0.3 is 0 Å². The highest BCUT2D eigenvalue weighted by Crippen LogP contribution is 2.39. The summed E-state index contributed by atoms with van der Waals surface area (Å²) < 4.78 is 0. The van der Waals surface area contributed by atoms with Gasteiger partial charge in [0.2, 0.25) is 11.8 Å². The number of nitrogens with zero attached hydrogens (tertiary/aromatic N) is 1. The lowest BCUT2D eigenvalue weighted by Crippen LogP contribution is -2.58. The normalized spacial score (nSPS) is 35.6. The largest absolute Gasteiger partial charge is 0.301 e. The second-order valence-corrected chi connectivity index (χ2v) is 4.88. The van der Waals surface area contributed by atoms with E-state index in [1.165, 1.54) is 4.90 Å². The third kappa shape index (κ3) is 1.47. The first kappa shape index (κ1) is 11.3. The molecule has 1 aliphatic carbocycles. The van der Waals surface area contributed by atoms with E-state index in [9.17, 15) is 14.4 Å². The highest BCUT2D eigenvalue weighted by atomic mass is 16.2. The molecule has 0 spiro atoms. The molecule has 4 heteroatoms. The van der Waals surface area contributed by atoms with E-state index in [2.05, 4.69) is 0 Å². The molecule has 0 aromatic rings. The van der Waals surface area contributed by atoms with Gasteiger partial charge in [0.1, 0.15) is 11.8 Å². The average Bonchev–Trinajstić information content (AvgIpc) is 2.61. The van der Waals surface area contributed by atoms with Gasteiger partial charge in [0.25, 0.3) is 0 Å². The zero-order valence-electron chi connectivity index (χ0n) is 9.57. The summed E-state index contributed by atoms with van der Waals surface area (Å²) >= 11 is 0. The number of carbonyl (C=O) groups is 3. The van der Waals surface area contributed by atoms with Crippen molar-refractivity contribution in [2.75, 3.05) is 0 Å². The maximum absolute atomic E-state index is 11.7. The van der Waals surface area contributed by atoms with E-state index in [0.717, 1.165) is 25.5 Å². The molecule has 1 saturated heterocycles. The van der Waals surface area contributed by atoms with Crippen LogP contribution in [0.2, 0.25) is 0 Å². The van der Waals surface area contributed by atoms with Gasteiger partial charge in [0.05, 0.1) is 0 Å². The van der Waals surface area contributed by atoms with E-state index in [4.69, 9.17) is 0 Å². The first-order valence-electron chi connectivity index (χ1n) is 5.94. The van der Waals surface area contributed by atoms with E-state index in [-0.39, 0.29) is 30.6 Å². The number of hydrogen-bond donors (Lipinski definition) is 0. The SMILES string of the molecule is CC1CCCCC1(C=O)N1C(=O)CCC1=O. The number of likely N-dealkylation sites (tertiary alicyclic amines) is 1. The lowest BCUT2D eigenvalue weighted by molar-refractivity contribution is -0.153. The van der Waals surface area contributed by atoms with Gasteiger partial charge < -0.3 is 4.79 Å². The van der Waals surface area contributed by atoms with Crippen LogP contribution in [0.5, 0.6) is 0 Å². The summed E-state index contributed by atoms with van der Waals surface area (Å²) in [5, 5.41) is 0. The first-order valence-corrected chi connectivity index (χ1v) is 5.94. The van der Waals surface area contributed by atoms with Crippen LogP contribution in [-0.4, -0.2) is 28.5 Å². The Morgan fingerprint density at radius 2 is 1.88 bits per heavy atom. The smallest absolute Gasteiger partial charge is 0.230 e. The summed E-state index contributed by atoms with van der Waals surface area (Å²) in [6, 6.07) is 0. The van der Waals surface area contributed by atoms with Crippen LogP contribution in [-0.2, 0) is 14.4 Å². The summed E-state index contributed by atoms with van der Waals surface area (Å²) in [5.74, 6) is -0.263. The van der Waals surface area contributed by atoms with Crippen LogP contribution in [0.4, 0.5) is 0 Å². The van der Waals surface area contributed by atoms with Crippen molar-refractivity contribution < 1.29 is 14.4 Å². The zero-order valence-corrected chi connectivity index (χ0v) is 9.57. The van der Waals surface area contributed by atoms with E-state index in [1.807, 2.05) is 6.92 Å². The van der Waals surface area contributed by atoms with Crippen molar-refractivity contribution in [3.05, 3.63) is 0 Å². The van der Waals surface area contributed by atoms with Gasteiger partial charge in [-0.25, -0.2) is 0 Å².